The Morgan fingerprint density at radius 1 is 1.12 bits per heavy atom. The highest BCUT2D eigenvalue weighted by molar-refractivity contribution is 6.14. The molecule has 4 aromatic rings. The van der Waals surface area contributed by atoms with Crippen molar-refractivity contribution in [2.24, 2.45) is 0 Å². The lowest BCUT2D eigenvalue weighted by molar-refractivity contribution is 0.110. The number of pyridine rings is 1. The van der Waals surface area contributed by atoms with Gasteiger partial charge in [0.25, 0.3) is 0 Å². The predicted molar refractivity (Wildman–Crippen MR) is 100 cm³/mol. The van der Waals surface area contributed by atoms with Gasteiger partial charge in [-0.25, -0.2) is 4.98 Å². The molecule has 1 unspecified atom stereocenters. The third-order valence-electron chi connectivity index (χ3n) is 5.35. The fourth-order valence-corrected chi connectivity index (χ4v) is 4.05. The fourth-order valence-electron chi connectivity index (χ4n) is 4.05. The van der Waals surface area contributed by atoms with Gasteiger partial charge in [-0.2, -0.15) is 0 Å². The molecule has 1 aliphatic rings. The number of ether oxygens (including phenoxy) is 2. The molecule has 1 aliphatic heterocycles. The van der Waals surface area contributed by atoms with Gasteiger partial charge in [-0.15, -0.1) is 0 Å². The average molecular weight is 332 g/mol. The van der Waals surface area contributed by atoms with Crippen LogP contribution in [0.25, 0.3) is 32.6 Å². The molecule has 0 bridgehead atoms. The van der Waals surface area contributed by atoms with Crippen LogP contribution in [-0.2, 0) is 4.74 Å². The maximum absolute atomic E-state index is 5.94. The van der Waals surface area contributed by atoms with Gasteiger partial charge in [0.2, 0.25) is 0 Å². The molecule has 0 saturated carbocycles. The third-order valence-corrected chi connectivity index (χ3v) is 5.35. The molecular weight excluding hydrogens is 312 g/mol. The molecular formula is C21H20N2O2. The topological polar surface area (TPSA) is 47.1 Å². The fraction of sp³-hybridized carbons (Fsp3) is 0.286. The number of aryl methyl sites for hydroxylation is 1. The van der Waals surface area contributed by atoms with Crippen molar-refractivity contribution < 1.29 is 9.47 Å². The first kappa shape index (κ1) is 14.7. The minimum Gasteiger partial charge on any atom is -0.497 e. The van der Waals surface area contributed by atoms with E-state index >= 15 is 0 Å². The van der Waals surface area contributed by atoms with Crippen LogP contribution in [0.4, 0.5) is 0 Å². The van der Waals surface area contributed by atoms with E-state index < -0.39 is 0 Å². The second kappa shape index (κ2) is 5.46. The lowest BCUT2D eigenvalue weighted by Gasteiger charge is -2.14. The van der Waals surface area contributed by atoms with Gasteiger partial charge in [-0.05, 0) is 61.0 Å². The van der Waals surface area contributed by atoms with E-state index in [-0.39, 0.29) is 6.10 Å². The Hall–Kier alpha value is -2.59. The van der Waals surface area contributed by atoms with Gasteiger partial charge in [-0.3, -0.25) is 0 Å². The number of methoxy groups -OCH3 is 1. The lowest BCUT2D eigenvalue weighted by atomic mass is 9.98. The average Bonchev–Trinajstić information content (AvgIpc) is 3.29. The van der Waals surface area contributed by atoms with E-state index in [4.69, 9.17) is 14.5 Å². The van der Waals surface area contributed by atoms with Crippen LogP contribution in [0, 0.1) is 6.92 Å². The highest BCUT2D eigenvalue weighted by atomic mass is 16.5. The molecule has 0 amide bonds. The largest absolute Gasteiger partial charge is 0.497 e. The summed E-state index contributed by atoms with van der Waals surface area (Å²) in [5.74, 6) is 0.860. The van der Waals surface area contributed by atoms with Gasteiger partial charge in [-0.1, -0.05) is 0 Å². The lowest BCUT2D eigenvalue weighted by Crippen LogP contribution is -2.00. The van der Waals surface area contributed by atoms with Gasteiger partial charge >= 0.3 is 0 Å². The van der Waals surface area contributed by atoms with Gasteiger partial charge in [0.05, 0.1) is 29.9 Å². The molecule has 1 fully saturated rings. The van der Waals surface area contributed by atoms with Crippen molar-refractivity contribution in [1.29, 1.82) is 0 Å². The Bertz CT molecular complexity index is 1110. The van der Waals surface area contributed by atoms with Crippen molar-refractivity contribution in [3.05, 3.63) is 47.8 Å². The van der Waals surface area contributed by atoms with Crippen LogP contribution in [0.1, 0.15) is 30.2 Å². The molecule has 25 heavy (non-hydrogen) atoms. The summed E-state index contributed by atoms with van der Waals surface area (Å²) < 4.78 is 11.3. The minimum atomic E-state index is 0.157. The van der Waals surface area contributed by atoms with Crippen molar-refractivity contribution in [1.82, 2.24) is 9.97 Å². The standard InChI is InChI=1S/C21H20N2O2/c1-12-14-7-8-22-21(19-4-3-9-25-19)16(14)11-17-15-10-13(24-2)5-6-18(15)23-20(12)17/h5-8,10-11,19,22H,3-4,9H2,1-2H3. The van der Waals surface area contributed by atoms with Crippen molar-refractivity contribution in [3.63, 3.8) is 0 Å². The Morgan fingerprint density at radius 3 is 2.84 bits per heavy atom. The van der Waals surface area contributed by atoms with Crippen LogP contribution in [0.2, 0.25) is 0 Å². The van der Waals surface area contributed by atoms with Crippen molar-refractivity contribution in [2.75, 3.05) is 13.7 Å². The molecule has 2 aromatic heterocycles. The summed E-state index contributed by atoms with van der Waals surface area (Å²) in [5, 5.41) is 4.79. The molecule has 4 heteroatoms. The Balaban J connectivity index is 1.88. The zero-order valence-corrected chi connectivity index (χ0v) is 14.4. The zero-order valence-electron chi connectivity index (χ0n) is 14.4. The maximum Gasteiger partial charge on any atom is 0.119 e. The molecule has 5 rings (SSSR count). The monoisotopic (exact) mass is 332 g/mol. The van der Waals surface area contributed by atoms with Crippen LogP contribution < -0.4 is 4.74 Å². The van der Waals surface area contributed by atoms with Crippen molar-refractivity contribution in [3.8, 4) is 5.75 Å². The van der Waals surface area contributed by atoms with E-state index in [0.717, 1.165) is 41.6 Å². The number of rotatable bonds is 2. The molecule has 1 N–H and O–H groups in total. The van der Waals surface area contributed by atoms with E-state index in [1.54, 1.807) is 7.11 Å². The van der Waals surface area contributed by atoms with E-state index in [1.165, 1.54) is 27.4 Å². The molecule has 1 saturated heterocycles. The quantitative estimate of drug-likeness (QED) is 0.559. The summed E-state index contributed by atoms with van der Waals surface area (Å²) in [6.07, 6.45) is 4.36. The third kappa shape index (κ3) is 2.14. The van der Waals surface area contributed by atoms with Gasteiger partial charge < -0.3 is 14.5 Å². The second-order valence-electron chi connectivity index (χ2n) is 6.75. The summed E-state index contributed by atoms with van der Waals surface area (Å²) in [7, 11) is 1.70. The number of benzene rings is 2. The summed E-state index contributed by atoms with van der Waals surface area (Å²) >= 11 is 0. The van der Waals surface area contributed by atoms with E-state index in [0.29, 0.717) is 0 Å². The molecule has 1 atom stereocenters. The highest BCUT2D eigenvalue weighted by Gasteiger charge is 2.22. The Morgan fingerprint density at radius 2 is 2.04 bits per heavy atom. The number of hydrogen-bond donors (Lipinski definition) is 1. The number of fused-ring (bicyclic) bond motifs is 4. The number of nitrogens with zero attached hydrogens (tertiary/aromatic N) is 1. The van der Waals surface area contributed by atoms with E-state index in [2.05, 4.69) is 30.1 Å². The van der Waals surface area contributed by atoms with Gasteiger partial charge in [0.1, 0.15) is 5.75 Å². The van der Waals surface area contributed by atoms with Crippen molar-refractivity contribution >= 4 is 32.6 Å². The number of H-pyrrole nitrogens is 1. The first-order valence-electron chi connectivity index (χ1n) is 8.76. The Kier molecular flexibility index (Phi) is 3.22. The zero-order chi connectivity index (χ0) is 17.0. The summed E-state index contributed by atoms with van der Waals surface area (Å²) in [6, 6.07) is 10.5. The predicted octanol–water partition coefficient (Wildman–Crippen LogP) is 5.04. The second-order valence-corrected chi connectivity index (χ2v) is 6.75. The number of hydrogen-bond acceptors (Lipinski definition) is 3. The highest BCUT2D eigenvalue weighted by Crippen LogP contribution is 2.38. The first-order valence-corrected chi connectivity index (χ1v) is 8.76. The van der Waals surface area contributed by atoms with Gasteiger partial charge in [0.15, 0.2) is 0 Å². The van der Waals surface area contributed by atoms with Crippen LogP contribution in [0.3, 0.4) is 0 Å². The van der Waals surface area contributed by atoms with Crippen LogP contribution in [0.15, 0.2) is 36.5 Å². The van der Waals surface area contributed by atoms with Crippen LogP contribution >= 0.6 is 0 Å². The SMILES string of the molecule is COc1ccc2nc3c(C)c4cc[nH]c(C5CCCO5)c4cc3c2c1. The van der Waals surface area contributed by atoms with E-state index in [9.17, 15) is 0 Å². The molecule has 126 valence electrons. The summed E-state index contributed by atoms with van der Waals surface area (Å²) in [4.78, 5) is 8.31. The first-order chi connectivity index (χ1) is 12.3. The van der Waals surface area contributed by atoms with Gasteiger partial charge in [0, 0.05) is 29.0 Å². The van der Waals surface area contributed by atoms with E-state index in [1.807, 2.05) is 18.3 Å². The summed E-state index contributed by atoms with van der Waals surface area (Å²) in [5.41, 5.74) is 4.48. The Labute approximate surface area is 145 Å². The molecule has 4 nitrogen and oxygen atoms in total. The number of aromatic nitrogens is 2. The van der Waals surface area contributed by atoms with Crippen LogP contribution in [-0.4, -0.2) is 23.7 Å². The normalized spacial score (nSPS) is 17.8. The molecule has 2 aromatic carbocycles. The smallest absolute Gasteiger partial charge is 0.119 e. The van der Waals surface area contributed by atoms with Crippen molar-refractivity contribution in [2.45, 2.75) is 25.9 Å². The molecule has 0 spiro atoms. The number of nitrogens with one attached hydrogen (secondary N) is 1. The molecule has 0 radical (unpaired) electrons. The minimum absolute atomic E-state index is 0.157. The summed E-state index contributed by atoms with van der Waals surface area (Å²) in [6.45, 7) is 3.00. The molecule has 0 aliphatic carbocycles. The maximum atomic E-state index is 5.94. The van der Waals surface area contributed by atoms with Crippen LogP contribution in [0.5, 0.6) is 5.75 Å². The number of aromatic amines is 1. The molecule has 3 heterocycles.